The number of hydrogen-bond donors (Lipinski definition) is 2. The smallest absolute Gasteiger partial charge is 0.326 e. The van der Waals surface area contributed by atoms with Crippen LogP contribution in [0.4, 0.5) is 18.9 Å². The van der Waals surface area contributed by atoms with Gasteiger partial charge in [-0.1, -0.05) is 6.92 Å². The zero-order valence-corrected chi connectivity index (χ0v) is 10.8. The maximum atomic E-state index is 12.7. The number of nitriles is 1. The number of halogens is 3. The Labute approximate surface area is 113 Å². The Kier molecular flexibility index (Phi) is 4.84. The average Bonchev–Trinajstić information content (AvgIpc) is 2.36. The van der Waals surface area contributed by atoms with Crippen molar-refractivity contribution >= 4 is 24.2 Å². The second kappa shape index (κ2) is 5.97. The molecule has 0 saturated carbocycles. The van der Waals surface area contributed by atoms with Crippen molar-refractivity contribution in [3.8, 4) is 6.07 Å². The summed E-state index contributed by atoms with van der Waals surface area (Å²) in [6, 6.07) is 4.52. The Morgan fingerprint density at radius 1 is 1.53 bits per heavy atom. The van der Waals surface area contributed by atoms with E-state index >= 15 is 0 Å². The van der Waals surface area contributed by atoms with Crippen molar-refractivity contribution in [1.82, 2.24) is 0 Å². The van der Waals surface area contributed by atoms with E-state index in [0.29, 0.717) is 0 Å². The molecule has 0 saturated heterocycles. The fraction of sp³-hybridized carbons (Fsp3) is 0.333. The Balaban J connectivity index is 3.07. The Morgan fingerprint density at radius 3 is 2.63 bits per heavy atom. The Hall–Kier alpha value is -1.68. The zero-order valence-electron chi connectivity index (χ0n) is 9.95. The molecule has 1 atom stereocenters. The third-order valence-electron chi connectivity index (χ3n) is 2.43. The van der Waals surface area contributed by atoms with Gasteiger partial charge in [-0.15, -0.1) is 0 Å². The van der Waals surface area contributed by atoms with Crippen LogP contribution in [0, 0.1) is 17.2 Å². The number of hydrogen-bond acceptors (Lipinski definition) is 3. The Bertz CT molecular complexity index is 523. The molecule has 1 amide bonds. The van der Waals surface area contributed by atoms with Gasteiger partial charge in [0.05, 0.1) is 17.2 Å². The van der Waals surface area contributed by atoms with Crippen molar-refractivity contribution in [3.63, 3.8) is 0 Å². The number of benzene rings is 1. The van der Waals surface area contributed by atoms with Gasteiger partial charge >= 0.3 is 6.18 Å². The molecule has 7 heteroatoms. The highest BCUT2D eigenvalue weighted by Crippen LogP contribution is 2.33. The minimum absolute atomic E-state index is 0.00459. The van der Waals surface area contributed by atoms with E-state index in [4.69, 9.17) is 5.26 Å². The van der Waals surface area contributed by atoms with E-state index in [2.05, 4.69) is 17.9 Å². The number of rotatable bonds is 3. The van der Waals surface area contributed by atoms with Gasteiger partial charge < -0.3 is 5.32 Å². The van der Waals surface area contributed by atoms with Gasteiger partial charge in [0, 0.05) is 17.4 Å². The van der Waals surface area contributed by atoms with Crippen LogP contribution in [0.25, 0.3) is 0 Å². The van der Waals surface area contributed by atoms with Gasteiger partial charge in [-0.2, -0.15) is 31.1 Å². The van der Waals surface area contributed by atoms with Gasteiger partial charge in [0.1, 0.15) is 0 Å². The van der Waals surface area contributed by atoms with Crippen molar-refractivity contribution < 1.29 is 18.0 Å². The third-order valence-corrected chi connectivity index (χ3v) is 2.98. The number of anilines is 1. The summed E-state index contributed by atoms with van der Waals surface area (Å²) in [6.45, 7) is 1.61. The molecular formula is C12H11F3N2OS. The molecule has 0 aliphatic carbocycles. The molecule has 3 nitrogen and oxygen atoms in total. The summed E-state index contributed by atoms with van der Waals surface area (Å²) in [4.78, 5) is 11.6. The van der Waals surface area contributed by atoms with E-state index < -0.39 is 29.1 Å². The van der Waals surface area contributed by atoms with E-state index in [-0.39, 0.29) is 11.4 Å². The molecule has 0 radical (unpaired) electrons. The van der Waals surface area contributed by atoms with Crippen molar-refractivity contribution in [3.05, 3.63) is 29.3 Å². The summed E-state index contributed by atoms with van der Waals surface area (Å²) in [7, 11) is 0. The fourth-order valence-corrected chi connectivity index (χ4v) is 1.47. The third kappa shape index (κ3) is 3.89. The molecule has 0 bridgehead atoms. The highest BCUT2D eigenvalue weighted by molar-refractivity contribution is 7.80. The van der Waals surface area contributed by atoms with Gasteiger partial charge in [0.2, 0.25) is 5.91 Å². The number of carbonyl (C=O) groups is 1. The first-order valence-corrected chi connectivity index (χ1v) is 5.96. The van der Waals surface area contributed by atoms with E-state index in [9.17, 15) is 18.0 Å². The Morgan fingerprint density at radius 2 is 2.16 bits per heavy atom. The molecule has 1 aromatic carbocycles. The molecule has 0 fully saturated rings. The highest BCUT2D eigenvalue weighted by atomic mass is 32.1. The molecule has 1 rings (SSSR count). The average molecular weight is 288 g/mol. The molecule has 0 heterocycles. The first-order valence-electron chi connectivity index (χ1n) is 5.32. The highest BCUT2D eigenvalue weighted by Gasteiger charge is 2.34. The lowest BCUT2D eigenvalue weighted by Crippen LogP contribution is -2.22. The summed E-state index contributed by atoms with van der Waals surface area (Å²) >= 11 is 3.94. The van der Waals surface area contributed by atoms with Crippen LogP contribution in [0.1, 0.15) is 18.1 Å². The number of nitrogens with zero attached hydrogens (tertiary/aromatic N) is 1. The summed E-state index contributed by atoms with van der Waals surface area (Å²) in [5.41, 5.74) is -1.54. The number of alkyl halides is 3. The summed E-state index contributed by atoms with van der Waals surface area (Å²) in [5, 5.41) is 11.0. The number of amides is 1. The molecule has 102 valence electrons. The van der Waals surface area contributed by atoms with Crippen LogP contribution in [0.5, 0.6) is 0 Å². The molecular weight excluding hydrogens is 277 g/mol. The van der Waals surface area contributed by atoms with E-state index in [0.717, 1.165) is 12.1 Å². The van der Waals surface area contributed by atoms with Gasteiger partial charge in [-0.3, -0.25) is 4.79 Å². The van der Waals surface area contributed by atoms with Crippen LogP contribution in [0.15, 0.2) is 18.2 Å². The number of carbonyl (C=O) groups excluding carboxylic acids is 1. The van der Waals surface area contributed by atoms with E-state index in [1.807, 2.05) is 0 Å². The lowest BCUT2D eigenvalue weighted by Gasteiger charge is -2.13. The van der Waals surface area contributed by atoms with Gasteiger partial charge in [0.15, 0.2) is 0 Å². The summed E-state index contributed by atoms with van der Waals surface area (Å²) < 4.78 is 38.1. The van der Waals surface area contributed by atoms with Crippen LogP contribution >= 0.6 is 12.6 Å². The standard InChI is InChI=1S/C12H11F3N2OS/c1-7(6-19)11(18)17-9-3-2-8(5-16)10(4-9)12(13,14)15/h2-4,7,19H,6H2,1H3,(H,17,18). The molecule has 0 aliphatic heterocycles. The molecule has 1 N–H and O–H groups in total. The molecule has 0 aromatic heterocycles. The van der Waals surface area contributed by atoms with Crippen LogP contribution in [0.3, 0.4) is 0 Å². The van der Waals surface area contributed by atoms with E-state index in [1.54, 1.807) is 6.92 Å². The first kappa shape index (κ1) is 15.4. The van der Waals surface area contributed by atoms with Crippen molar-refractivity contribution in [2.24, 2.45) is 5.92 Å². The maximum Gasteiger partial charge on any atom is 0.417 e. The van der Waals surface area contributed by atoms with Crippen LogP contribution in [-0.2, 0) is 11.0 Å². The lowest BCUT2D eigenvalue weighted by molar-refractivity contribution is -0.137. The van der Waals surface area contributed by atoms with Gasteiger partial charge in [-0.25, -0.2) is 0 Å². The SMILES string of the molecule is CC(CS)C(=O)Nc1ccc(C#N)c(C(F)(F)F)c1. The predicted molar refractivity (Wildman–Crippen MR) is 67.8 cm³/mol. The molecule has 0 spiro atoms. The van der Waals surface area contributed by atoms with Crippen LogP contribution in [0.2, 0.25) is 0 Å². The fourth-order valence-electron chi connectivity index (χ4n) is 1.30. The summed E-state index contributed by atoms with van der Waals surface area (Å²) in [6.07, 6.45) is -4.64. The van der Waals surface area contributed by atoms with Crippen LogP contribution in [-0.4, -0.2) is 11.7 Å². The second-order valence-corrected chi connectivity index (χ2v) is 4.31. The monoisotopic (exact) mass is 288 g/mol. The van der Waals surface area contributed by atoms with Gasteiger partial charge in [0.25, 0.3) is 0 Å². The molecule has 19 heavy (non-hydrogen) atoms. The molecule has 1 aromatic rings. The lowest BCUT2D eigenvalue weighted by atomic mass is 10.1. The summed E-state index contributed by atoms with van der Waals surface area (Å²) in [5.74, 6) is -0.560. The number of thiol groups is 1. The zero-order chi connectivity index (χ0) is 14.6. The van der Waals surface area contributed by atoms with E-state index in [1.165, 1.54) is 12.1 Å². The largest absolute Gasteiger partial charge is 0.417 e. The van der Waals surface area contributed by atoms with Crippen molar-refractivity contribution in [1.29, 1.82) is 5.26 Å². The minimum atomic E-state index is -4.64. The quantitative estimate of drug-likeness (QED) is 0.840. The predicted octanol–water partition coefficient (Wildman–Crippen LogP) is 3.08. The van der Waals surface area contributed by atoms with Crippen molar-refractivity contribution in [2.45, 2.75) is 13.1 Å². The maximum absolute atomic E-state index is 12.7. The normalized spacial score (nSPS) is 12.6. The topological polar surface area (TPSA) is 52.9 Å². The second-order valence-electron chi connectivity index (χ2n) is 3.94. The van der Waals surface area contributed by atoms with Gasteiger partial charge in [-0.05, 0) is 18.2 Å². The van der Waals surface area contributed by atoms with Crippen LogP contribution < -0.4 is 5.32 Å². The minimum Gasteiger partial charge on any atom is -0.326 e. The molecule has 0 aliphatic rings. The van der Waals surface area contributed by atoms with Crippen molar-refractivity contribution in [2.75, 3.05) is 11.1 Å². The number of nitrogens with one attached hydrogen (secondary N) is 1. The molecule has 1 unspecified atom stereocenters. The first-order chi connectivity index (χ1) is 8.79.